The summed E-state index contributed by atoms with van der Waals surface area (Å²) in [6.45, 7) is 26.8. The van der Waals surface area contributed by atoms with E-state index in [1.54, 1.807) is 229 Å². The SMILES string of the molecule is CC1C=C2c3ccc4c5ccc6c7ccc8c9c%10c%11c%12c%13c%14c(c3c4c%13c5c6c%12c97)C2(C)C2=C(C3C(=C21)C(C)CC8C%103C)[C@]%14%11C.CO[Si](CCCC12C3=C4C5=C1[C@]1(C)c6c7c8c(ccc9c%10ccc%11c%12ccc%13c%14c(c1c1c6c(c89)c%10c%11c1c%14%12)C2(C)C%13CC3C)C(=CC4C)C57C)(OC)OC. The summed E-state index contributed by atoms with van der Waals surface area (Å²) in [7, 11) is 2.57. The molecule has 2 saturated carbocycles. The Hall–Kier alpha value is -8.22. The molecule has 100 heavy (non-hydrogen) atoms. The zero-order chi connectivity index (χ0) is 65.5. The monoisotopic (exact) mass is 1300 g/mol. The zero-order valence-electron chi connectivity index (χ0n) is 58.9. The summed E-state index contributed by atoms with van der Waals surface area (Å²) in [5, 5.41) is 44.1. The van der Waals surface area contributed by atoms with Crippen LogP contribution in [0, 0.1) is 35.0 Å². The molecule has 0 N–H and O–H groups in total. The number of benzene rings is 12. The molecule has 2 fully saturated rings. The second-order valence-electron chi connectivity index (χ2n) is 37.4. The van der Waals surface area contributed by atoms with Crippen LogP contribution in [0.3, 0.4) is 0 Å². The van der Waals surface area contributed by atoms with Gasteiger partial charge in [0.2, 0.25) is 0 Å². The molecule has 0 heterocycles. The lowest BCUT2D eigenvalue weighted by atomic mass is 9.37. The highest BCUT2D eigenvalue weighted by Crippen LogP contribution is 2.89. The number of hydrogen-bond donors (Lipinski definition) is 0. The smallest absolute Gasteiger partial charge is 0.377 e. The van der Waals surface area contributed by atoms with Gasteiger partial charge in [-0.25, -0.2) is 0 Å². The highest BCUT2D eigenvalue weighted by molar-refractivity contribution is 6.61. The molecule has 0 radical (unpaired) electrons. The first kappa shape index (κ1) is 51.0. The zero-order valence-corrected chi connectivity index (χ0v) is 59.9. The van der Waals surface area contributed by atoms with Gasteiger partial charge in [-0.05, 0) is 351 Å². The van der Waals surface area contributed by atoms with E-state index in [-0.39, 0.29) is 37.9 Å². The summed E-state index contributed by atoms with van der Waals surface area (Å²) in [6.07, 6.45) is 10.1. The van der Waals surface area contributed by atoms with Crippen molar-refractivity contribution in [3.8, 4) is 0 Å². The lowest BCUT2D eigenvalue weighted by Gasteiger charge is -2.64. The molecule has 32 rings (SSSR count). The minimum absolute atomic E-state index is 0.0523. The standard InChI is InChI=1S/C51H42O3Si.C45H28/c1-20-18-28-26-14-12-24-22-10-11-23-25-13-15-27-29-19-21(2)41-30(20)46-47-49(4)43-39-37(33(24)35(26)42(43)48(28,46)3)31(22)32(23)38-34(25)36(27)45(44(49)40(38)39)50(29,5)51(41,47)16-9-17-55(52-6,53-7)54-8;1-14-12-22-20-10-8-18-16-6-7-17-19-9-11-21-23-13-15(2)25-24(14)36-42-37(25)44(23,4)39-31(21)29(19)33-27(17)26(16)32-28(18)30(20)38(43(22,36)3)40-34(32)35(33)41(39)45(40,42)5/h10-15,18,20-21,29H,9,16-17,19H2,1-8H3;6-12,14-15,23,37H,13H2,1-5H3/t20?,21?,29?,48?,49-,50?,51?;14?,15?,23?,37?,43?,44?,45-/m11/s1. The van der Waals surface area contributed by atoms with E-state index in [0.29, 0.717) is 41.4 Å². The molecule has 0 aromatic heterocycles. The fraction of sp³-hybridized carbons (Fsp3) is 0.333. The van der Waals surface area contributed by atoms with Crippen LogP contribution in [-0.2, 0) is 45.8 Å². The first-order valence-electron chi connectivity index (χ1n) is 38.6. The summed E-state index contributed by atoms with van der Waals surface area (Å²) in [5.41, 5.74) is 37.3. The van der Waals surface area contributed by atoms with Gasteiger partial charge in [0.05, 0.1) is 0 Å². The highest BCUT2D eigenvalue weighted by Gasteiger charge is 2.79. The molecule has 16 aliphatic rings. The molecule has 0 amide bonds. The van der Waals surface area contributed by atoms with Crippen molar-refractivity contribution in [2.24, 2.45) is 35.0 Å². The summed E-state index contributed by atoms with van der Waals surface area (Å²) in [6, 6.07) is 31.3. The quantitative estimate of drug-likeness (QED) is 0.118. The summed E-state index contributed by atoms with van der Waals surface area (Å²) >= 11 is 0. The van der Waals surface area contributed by atoms with Crippen LogP contribution in [0.5, 0.6) is 0 Å². The topological polar surface area (TPSA) is 27.7 Å². The van der Waals surface area contributed by atoms with Gasteiger partial charge in [0.15, 0.2) is 0 Å². The Morgan fingerprint density at radius 1 is 0.390 bits per heavy atom. The first-order valence-corrected chi connectivity index (χ1v) is 40.6. The fourth-order valence-corrected chi connectivity index (χ4v) is 35.1. The number of rotatable bonds is 7. The van der Waals surface area contributed by atoms with E-state index in [1.807, 2.05) is 16.7 Å². The molecule has 0 bridgehead atoms. The van der Waals surface area contributed by atoms with E-state index < -0.39 is 8.80 Å². The minimum atomic E-state index is -2.80. The molecule has 4 heteroatoms. The van der Waals surface area contributed by atoms with Gasteiger partial charge in [-0.3, -0.25) is 0 Å². The van der Waals surface area contributed by atoms with Crippen molar-refractivity contribution in [3.05, 3.63) is 196 Å². The first-order chi connectivity index (χ1) is 48.4. The fourth-order valence-electron chi connectivity index (χ4n) is 33.3. The number of hydrogen-bond acceptors (Lipinski definition) is 3. The van der Waals surface area contributed by atoms with Crippen molar-refractivity contribution in [1.29, 1.82) is 0 Å². The van der Waals surface area contributed by atoms with E-state index >= 15 is 0 Å². The molecule has 0 spiro atoms. The molecule has 14 atom stereocenters. The normalized spacial score (nSPS) is 35.1. The average molecular weight is 1300 g/mol. The summed E-state index contributed by atoms with van der Waals surface area (Å²) in [5.74, 6) is 3.50. The van der Waals surface area contributed by atoms with Crippen LogP contribution < -0.4 is 0 Å². The molecule has 0 aliphatic heterocycles. The highest BCUT2D eigenvalue weighted by atomic mass is 28.4. The molecule has 476 valence electrons. The Labute approximate surface area is 578 Å². The van der Waals surface area contributed by atoms with E-state index in [9.17, 15) is 0 Å². The van der Waals surface area contributed by atoms with Crippen molar-refractivity contribution in [1.82, 2.24) is 0 Å². The Morgan fingerprint density at radius 3 is 1.35 bits per heavy atom. The van der Waals surface area contributed by atoms with E-state index in [1.165, 1.54) is 61.5 Å². The molecule has 16 aliphatic carbocycles. The second kappa shape index (κ2) is 13.5. The van der Waals surface area contributed by atoms with Crippen molar-refractivity contribution in [3.63, 3.8) is 0 Å². The van der Waals surface area contributed by atoms with E-state index in [4.69, 9.17) is 13.3 Å². The summed E-state index contributed by atoms with van der Waals surface area (Å²) in [4.78, 5) is 0. The van der Waals surface area contributed by atoms with Gasteiger partial charge in [0.1, 0.15) is 0 Å². The van der Waals surface area contributed by atoms with Crippen molar-refractivity contribution in [2.75, 3.05) is 21.3 Å². The van der Waals surface area contributed by atoms with Gasteiger partial charge < -0.3 is 13.3 Å². The molecule has 16 aromatic carbocycles. The van der Waals surface area contributed by atoms with Gasteiger partial charge in [-0.15, -0.1) is 0 Å². The lowest BCUT2D eigenvalue weighted by Crippen LogP contribution is -2.60. The predicted octanol–water partition coefficient (Wildman–Crippen LogP) is 23.2. The maximum Gasteiger partial charge on any atom is 0.500 e. The van der Waals surface area contributed by atoms with Crippen LogP contribution in [0.2, 0.25) is 6.04 Å². The van der Waals surface area contributed by atoms with Crippen LogP contribution in [0.4, 0.5) is 0 Å². The Bertz CT molecular complexity index is 7440. The van der Waals surface area contributed by atoms with E-state index in [2.05, 4.69) is 154 Å². The maximum absolute atomic E-state index is 6.14. The van der Waals surface area contributed by atoms with Crippen LogP contribution in [0.25, 0.3) is 162 Å². The third-order valence-corrected chi connectivity index (χ3v) is 38.3. The second-order valence-corrected chi connectivity index (χ2v) is 40.5. The molecular formula is C96H70O3Si. The third kappa shape index (κ3) is 3.76. The Morgan fingerprint density at radius 2 is 0.810 bits per heavy atom. The largest absolute Gasteiger partial charge is 0.500 e. The number of fused-ring (bicyclic) bond motifs is 8. The molecule has 0 saturated heterocycles. The predicted molar refractivity (Wildman–Crippen MR) is 412 cm³/mol. The van der Waals surface area contributed by atoms with Gasteiger partial charge in [-0.1, -0.05) is 138 Å². The van der Waals surface area contributed by atoms with Gasteiger partial charge in [-0.2, -0.15) is 0 Å². The minimum Gasteiger partial charge on any atom is -0.377 e. The van der Waals surface area contributed by atoms with Gasteiger partial charge >= 0.3 is 8.80 Å². The molecular weight excluding hydrogens is 1230 g/mol. The number of allylic oxidation sites excluding steroid dienone is 12. The molecule has 3 nitrogen and oxygen atoms in total. The Balaban J connectivity index is 0.000000108. The van der Waals surface area contributed by atoms with Crippen LogP contribution >= 0.6 is 0 Å². The van der Waals surface area contributed by atoms with Gasteiger partial charge in [0.25, 0.3) is 0 Å². The maximum atomic E-state index is 6.14. The van der Waals surface area contributed by atoms with E-state index in [0.717, 1.165) is 18.9 Å². The van der Waals surface area contributed by atoms with Crippen molar-refractivity contribution in [2.45, 2.75) is 145 Å². The van der Waals surface area contributed by atoms with Crippen LogP contribution in [-0.4, -0.2) is 30.1 Å². The van der Waals surface area contributed by atoms with Crippen LogP contribution in [0.1, 0.15) is 174 Å². The van der Waals surface area contributed by atoms with Gasteiger partial charge in [0, 0.05) is 71.2 Å². The van der Waals surface area contributed by atoms with Crippen LogP contribution in [0.15, 0.2) is 130 Å². The summed E-state index contributed by atoms with van der Waals surface area (Å²) < 4.78 is 18.4. The average Bonchev–Trinajstić information content (AvgIpc) is 1.42. The van der Waals surface area contributed by atoms with Crippen molar-refractivity contribution >= 4 is 171 Å². The molecule has 12 unspecified atom stereocenters. The third-order valence-electron chi connectivity index (χ3n) is 35.4. The van der Waals surface area contributed by atoms with Crippen molar-refractivity contribution < 1.29 is 13.3 Å². The lowest BCUT2D eigenvalue weighted by molar-refractivity contribution is 0.0877. The Kier molecular flexibility index (Phi) is 6.89. The molecule has 16 aromatic rings.